The van der Waals surface area contributed by atoms with E-state index in [1.165, 1.54) is 30.1 Å². The van der Waals surface area contributed by atoms with Crippen LogP contribution in [0.2, 0.25) is 0 Å². The Kier molecular flexibility index (Phi) is 10.6. The first kappa shape index (κ1) is 21.2. The number of rotatable bonds is 8. The summed E-state index contributed by atoms with van der Waals surface area (Å²) in [5.41, 5.74) is 2.55. The van der Waals surface area contributed by atoms with E-state index in [1.807, 2.05) is 6.92 Å². The van der Waals surface area contributed by atoms with Crippen LogP contribution in [0.1, 0.15) is 52.4 Å². The SMILES string of the molecule is C/C=C/C(=O)O.CCOCCOC(=O)C(C1=CCCC1)C1=CCCC1. The fourth-order valence-electron chi connectivity index (χ4n) is 3.03. The smallest absolute Gasteiger partial charge is 0.327 e. The highest BCUT2D eigenvalue weighted by Gasteiger charge is 2.30. The second-order valence-electron chi connectivity index (χ2n) is 5.98. The Hall–Kier alpha value is -1.88. The fraction of sp³-hybridized carbons (Fsp3) is 0.600. The summed E-state index contributed by atoms with van der Waals surface area (Å²) >= 11 is 0. The average Bonchev–Trinajstić information content (AvgIpc) is 3.27. The van der Waals surface area contributed by atoms with Crippen LogP contribution < -0.4 is 0 Å². The second-order valence-corrected chi connectivity index (χ2v) is 5.98. The minimum atomic E-state index is -0.891. The quantitative estimate of drug-likeness (QED) is 0.309. The molecule has 0 aromatic carbocycles. The third-order valence-electron chi connectivity index (χ3n) is 4.11. The summed E-state index contributed by atoms with van der Waals surface area (Å²) in [4.78, 5) is 21.8. The van der Waals surface area contributed by atoms with Crippen molar-refractivity contribution in [3.63, 3.8) is 0 Å². The topological polar surface area (TPSA) is 72.8 Å². The number of allylic oxidation sites excluding steroid dienone is 3. The van der Waals surface area contributed by atoms with Crippen molar-refractivity contribution in [3.05, 3.63) is 35.5 Å². The zero-order chi connectivity index (χ0) is 18.5. The van der Waals surface area contributed by atoms with Crippen molar-refractivity contribution < 1.29 is 24.2 Å². The van der Waals surface area contributed by atoms with Crippen molar-refractivity contribution in [2.75, 3.05) is 19.8 Å². The molecule has 0 heterocycles. The van der Waals surface area contributed by atoms with E-state index < -0.39 is 5.97 Å². The Morgan fingerprint density at radius 2 is 1.76 bits per heavy atom. The van der Waals surface area contributed by atoms with Crippen LogP contribution in [0.25, 0.3) is 0 Å². The number of hydrogen-bond donors (Lipinski definition) is 1. The number of esters is 1. The number of carboxylic acid groups (broad SMARTS) is 1. The number of carbonyl (C=O) groups excluding carboxylic acids is 1. The van der Waals surface area contributed by atoms with Crippen molar-refractivity contribution in [2.45, 2.75) is 52.4 Å². The van der Waals surface area contributed by atoms with Gasteiger partial charge in [-0.1, -0.05) is 29.4 Å². The van der Waals surface area contributed by atoms with E-state index in [2.05, 4.69) is 12.2 Å². The third kappa shape index (κ3) is 8.16. The van der Waals surface area contributed by atoms with Gasteiger partial charge in [0, 0.05) is 12.7 Å². The van der Waals surface area contributed by atoms with Gasteiger partial charge in [-0.15, -0.1) is 0 Å². The highest BCUT2D eigenvalue weighted by Crippen LogP contribution is 2.35. The lowest BCUT2D eigenvalue weighted by molar-refractivity contribution is -0.147. The molecule has 0 aromatic heterocycles. The summed E-state index contributed by atoms with van der Waals surface area (Å²) in [6.07, 6.45) is 13.7. The van der Waals surface area contributed by atoms with Crippen LogP contribution in [0.5, 0.6) is 0 Å². The van der Waals surface area contributed by atoms with Crippen LogP contribution in [-0.2, 0) is 19.1 Å². The van der Waals surface area contributed by atoms with E-state index in [0.29, 0.717) is 19.8 Å². The Labute approximate surface area is 150 Å². The van der Waals surface area contributed by atoms with E-state index in [1.54, 1.807) is 6.92 Å². The summed E-state index contributed by atoms with van der Waals surface area (Å²) in [6.45, 7) is 5.12. The largest absolute Gasteiger partial charge is 0.478 e. The zero-order valence-corrected chi connectivity index (χ0v) is 15.3. The van der Waals surface area contributed by atoms with Gasteiger partial charge in [0.2, 0.25) is 0 Å². The van der Waals surface area contributed by atoms with Crippen molar-refractivity contribution in [3.8, 4) is 0 Å². The first-order chi connectivity index (χ1) is 12.1. The number of carboxylic acids is 1. The highest BCUT2D eigenvalue weighted by molar-refractivity contribution is 5.80. The Morgan fingerprint density at radius 1 is 1.16 bits per heavy atom. The molecule has 5 heteroatoms. The lowest BCUT2D eigenvalue weighted by Gasteiger charge is -2.19. The van der Waals surface area contributed by atoms with E-state index in [-0.39, 0.29) is 11.9 Å². The van der Waals surface area contributed by atoms with E-state index >= 15 is 0 Å². The molecule has 0 saturated carbocycles. The molecule has 0 fully saturated rings. The van der Waals surface area contributed by atoms with E-state index in [4.69, 9.17) is 14.6 Å². The predicted octanol–water partition coefficient (Wildman–Crippen LogP) is 4.05. The van der Waals surface area contributed by atoms with Crippen molar-refractivity contribution >= 4 is 11.9 Å². The maximum Gasteiger partial charge on any atom is 0.327 e. The number of aliphatic carboxylic acids is 1. The summed E-state index contributed by atoms with van der Waals surface area (Å²) in [5.74, 6) is -1.08. The number of ether oxygens (including phenoxy) is 2. The van der Waals surface area contributed by atoms with Gasteiger partial charge in [0.25, 0.3) is 0 Å². The van der Waals surface area contributed by atoms with Gasteiger partial charge < -0.3 is 14.6 Å². The number of carbonyl (C=O) groups is 2. The minimum Gasteiger partial charge on any atom is -0.478 e. The van der Waals surface area contributed by atoms with Gasteiger partial charge in [0.15, 0.2) is 0 Å². The maximum absolute atomic E-state index is 12.3. The summed E-state index contributed by atoms with van der Waals surface area (Å²) in [6, 6.07) is 0. The Bertz CT molecular complexity index is 492. The molecule has 2 rings (SSSR count). The third-order valence-corrected chi connectivity index (χ3v) is 4.11. The van der Waals surface area contributed by atoms with Crippen LogP contribution in [0.3, 0.4) is 0 Å². The molecule has 0 radical (unpaired) electrons. The first-order valence-corrected chi connectivity index (χ1v) is 9.08. The molecule has 0 saturated heterocycles. The van der Waals surface area contributed by atoms with Crippen molar-refractivity contribution in [1.29, 1.82) is 0 Å². The van der Waals surface area contributed by atoms with Gasteiger partial charge in [-0.2, -0.15) is 0 Å². The van der Waals surface area contributed by atoms with E-state index in [0.717, 1.165) is 31.8 Å². The molecule has 0 unspecified atom stereocenters. The average molecular weight is 350 g/mol. The van der Waals surface area contributed by atoms with Gasteiger partial charge in [0.1, 0.15) is 6.61 Å². The van der Waals surface area contributed by atoms with Crippen LogP contribution in [0, 0.1) is 5.92 Å². The predicted molar refractivity (Wildman–Crippen MR) is 97.3 cm³/mol. The van der Waals surface area contributed by atoms with Crippen molar-refractivity contribution in [2.24, 2.45) is 5.92 Å². The number of hydrogen-bond acceptors (Lipinski definition) is 4. The van der Waals surface area contributed by atoms with Gasteiger partial charge in [-0.05, 0) is 52.4 Å². The lowest BCUT2D eigenvalue weighted by Crippen LogP contribution is -2.22. The molecule has 140 valence electrons. The maximum atomic E-state index is 12.3. The van der Waals surface area contributed by atoms with Crippen LogP contribution in [0.15, 0.2) is 35.5 Å². The Balaban J connectivity index is 0.000000450. The molecule has 0 aliphatic heterocycles. The zero-order valence-electron chi connectivity index (χ0n) is 15.3. The van der Waals surface area contributed by atoms with Crippen LogP contribution in [-0.4, -0.2) is 36.9 Å². The van der Waals surface area contributed by atoms with Crippen LogP contribution >= 0.6 is 0 Å². The van der Waals surface area contributed by atoms with Gasteiger partial charge in [-0.25, -0.2) is 4.79 Å². The van der Waals surface area contributed by atoms with Crippen LogP contribution in [0.4, 0.5) is 0 Å². The van der Waals surface area contributed by atoms with E-state index in [9.17, 15) is 9.59 Å². The molecule has 0 spiro atoms. The molecular weight excluding hydrogens is 320 g/mol. The standard InChI is InChI=1S/C16H24O3.C4H6O2/c1-2-18-11-12-19-16(17)15(13-7-3-4-8-13)14-9-5-6-10-14;1-2-3-4(5)6/h7,9,15H,2-6,8,10-12H2,1H3;2-3H,1H3,(H,5,6)/b;3-2+. The first-order valence-electron chi connectivity index (χ1n) is 9.08. The summed E-state index contributed by atoms with van der Waals surface area (Å²) in [5, 5.41) is 7.83. The van der Waals surface area contributed by atoms with Gasteiger partial charge >= 0.3 is 11.9 Å². The molecule has 2 aliphatic carbocycles. The molecule has 0 atom stereocenters. The molecule has 0 amide bonds. The monoisotopic (exact) mass is 350 g/mol. The van der Waals surface area contributed by atoms with Crippen molar-refractivity contribution in [1.82, 2.24) is 0 Å². The molecule has 2 aliphatic rings. The summed E-state index contributed by atoms with van der Waals surface area (Å²) < 4.78 is 10.6. The molecule has 1 N–H and O–H groups in total. The Morgan fingerprint density at radius 3 is 2.12 bits per heavy atom. The highest BCUT2D eigenvalue weighted by atomic mass is 16.6. The lowest BCUT2D eigenvalue weighted by atomic mass is 9.90. The van der Waals surface area contributed by atoms with Gasteiger partial charge in [-0.3, -0.25) is 4.79 Å². The molecule has 5 nitrogen and oxygen atoms in total. The summed E-state index contributed by atoms with van der Waals surface area (Å²) in [7, 11) is 0. The van der Waals surface area contributed by atoms with Gasteiger partial charge in [0.05, 0.1) is 12.5 Å². The molecule has 0 bridgehead atoms. The molecule has 0 aromatic rings. The molecular formula is C20H30O5. The molecule has 25 heavy (non-hydrogen) atoms. The normalized spacial score (nSPS) is 16.4. The minimum absolute atomic E-state index is 0.0824. The fourth-order valence-corrected chi connectivity index (χ4v) is 3.03. The second kappa shape index (κ2) is 12.5.